The Morgan fingerprint density at radius 3 is 2.54 bits per heavy atom. The summed E-state index contributed by atoms with van der Waals surface area (Å²) in [5, 5.41) is 1.29. The molecule has 0 unspecified atom stereocenters. The highest BCUT2D eigenvalue weighted by molar-refractivity contribution is 7.11. The van der Waals surface area contributed by atoms with E-state index < -0.39 is 12.8 Å². The largest absolute Gasteiger partial charge is 0.411 e. The first-order valence-electron chi connectivity index (χ1n) is 8.53. The molecule has 2 fully saturated rings. The summed E-state index contributed by atoms with van der Waals surface area (Å²) in [6.07, 6.45) is 1.02. The summed E-state index contributed by atoms with van der Waals surface area (Å²) in [7, 11) is 0. The molecule has 0 spiro atoms. The molecule has 1 aliphatic heterocycles. The fraction of sp³-hybridized carbons (Fsp3) is 0.812. The number of hydrogen-bond donors (Lipinski definition) is 0. The van der Waals surface area contributed by atoms with E-state index in [4.69, 9.17) is 0 Å². The van der Waals surface area contributed by atoms with Gasteiger partial charge in [0.2, 0.25) is 0 Å². The molecule has 1 aromatic heterocycles. The summed E-state index contributed by atoms with van der Waals surface area (Å²) in [6.45, 7) is 4.73. The average molecular weight is 363 g/mol. The van der Waals surface area contributed by atoms with Crippen LogP contribution in [-0.2, 0) is 11.3 Å². The lowest BCUT2D eigenvalue weighted by Crippen LogP contribution is -2.46. The predicted octanol–water partition coefficient (Wildman–Crippen LogP) is 3.11. The van der Waals surface area contributed by atoms with E-state index in [1.165, 1.54) is 22.7 Å². The Kier molecular flexibility index (Phi) is 6.12. The number of halogens is 3. The highest BCUT2D eigenvalue weighted by Crippen LogP contribution is 2.41. The molecule has 24 heavy (non-hydrogen) atoms. The molecule has 1 aliphatic carbocycles. The SMILES string of the molecule is FC(F)(F)COCCCN1CCN(Cc2cnc(C3CC3)s2)CC1. The van der Waals surface area contributed by atoms with E-state index in [0.717, 1.165) is 45.2 Å². The zero-order valence-corrected chi connectivity index (χ0v) is 14.5. The second-order valence-electron chi connectivity index (χ2n) is 6.58. The third-order valence-corrected chi connectivity index (χ3v) is 5.52. The van der Waals surface area contributed by atoms with Crippen LogP contribution in [0.3, 0.4) is 0 Å². The summed E-state index contributed by atoms with van der Waals surface area (Å²) >= 11 is 1.84. The van der Waals surface area contributed by atoms with Crippen molar-refractivity contribution in [2.45, 2.75) is 37.9 Å². The van der Waals surface area contributed by atoms with Crippen molar-refractivity contribution in [3.8, 4) is 0 Å². The Morgan fingerprint density at radius 2 is 1.88 bits per heavy atom. The summed E-state index contributed by atoms with van der Waals surface area (Å²) in [6, 6.07) is 0. The molecule has 3 rings (SSSR count). The van der Waals surface area contributed by atoms with Gasteiger partial charge >= 0.3 is 6.18 Å². The van der Waals surface area contributed by atoms with Gasteiger partial charge in [-0.2, -0.15) is 13.2 Å². The Labute approximate surface area is 144 Å². The molecule has 1 aromatic rings. The molecular weight excluding hydrogens is 339 g/mol. The smallest absolute Gasteiger partial charge is 0.372 e. The van der Waals surface area contributed by atoms with Crippen LogP contribution >= 0.6 is 11.3 Å². The van der Waals surface area contributed by atoms with E-state index in [1.807, 2.05) is 17.5 Å². The number of thiazole rings is 1. The lowest BCUT2D eigenvalue weighted by molar-refractivity contribution is -0.174. The third kappa shape index (κ3) is 5.98. The van der Waals surface area contributed by atoms with Crippen molar-refractivity contribution in [3.63, 3.8) is 0 Å². The Bertz CT molecular complexity index is 511. The molecule has 0 aromatic carbocycles. The minimum atomic E-state index is -4.22. The van der Waals surface area contributed by atoms with Crippen LogP contribution < -0.4 is 0 Å². The van der Waals surface area contributed by atoms with Gasteiger partial charge in [0.05, 0.1) is 5.01 Å². The number of aromatic nitrogens is 1. The van der Waals surface area contributed by atoms with E-state index in [-0.39, 0.29) is 6.61 Å². The fourth-order valence-electron chi connectivity index (χ4n) is 2.88. The highest BCUT2D eigenvalue weighted by Gasteiger charge is 2.28. The molecule has 0 atom stereocenters. The molecule has 2 aliphatic rings. The number of hydrogen-bond acceptors (Lipinski definition) is 5. The van der Waals surface area contributed by atoms with Gasteiger partial charge in [0, 0.05) is 62.9 Å². The molecule has 2 heterocycles. The van der Waals surface area contributed by atoms with Gasteiger partial charge < -0.3 is 9.64 Å². The van der Waals surface area contributed by atoms with Gasteiger partial charge in [0.25, 0.3) is 0 Å². The maximum atomic E-state index is 12.0. The van der Waals surface area contributed by atoms with Crippen LogP contribution in [0.25, 0.3) is 0 Å². The fourth-order valence-corrected chi connectivity index (χ4v) is 4.01. The molecule has 136 valence electrons. The average Bonchev–Trinajstić information content (AvgIpc) is 3.28. The number of piperazine rings is 1. The van der Waals surface area contributed by atoms with Crippen LogP contribution in [0.15, 0.2) is 6.20 Å². The standard InChI is InChI=1S/C16H24F3N3OS/c17-16(18,19)12-23-9-1-4-21-5-7-22(8-6-21)11-14-10-20-15(24-14)13-2-3-13/h10,13H,1-9,11-12H2. The van der Waals surface area contributed by atoms with Crippen molar-refractivity contribution in [2.24, 2.45) is 0 Å². The van der Waals surface area contributed by atoms with Gasteiger partial charge in [-0.25, -0.2) is 4.98 Å². The van der Waals surface area contributed by atoms with Crippen LogP contribution in [0, 0.1) is 0 Å². The highest BCUT2D eigenvalue weighted by atomic mass is 32.1. The molecule has 0 radical (unpaired) electrons. The number of rotatable bonds is 8. The van der Waals surface area contributed by atoms with E-state index in [0.29, 0.717) is 6.42 Å². The van der Waals surface area contributed by atoms with Crippen LogP contribution in [0.1, 0.15) is 35.1 Å². The second-order valence-corrected chi connectivity index (χ2v) is 7.72. The molecular formula is C16H24F3N3OS. The van der Waals surface area contributed by atoms with Crippen LogP contribution in [0.4, 0.5) is 13.2 Å². The number of alkyl halides is 3. The Hall–Kier alpha value is -0.700. The van der Waals surface area contributed by atoms with Crippen molar-refractivity contribution in [3.05, 3.63) is 16.1 Å². The Balaban J connectivity index is 1.28. The van der Waals surface area contributed by atoms with Gasteiger partial charge in [0.15, 0.2) is 0 Å². The normalized spacial score (nSPS) is 20.6. The third-order valence-electron chi connectivity index (χ3n) is 4.37. The van der Waals surface area contributed by atoms with Gasteiger partial charge in [-0.3, -0.25) is 4.90 Å². The minimum Gasteiger partial charge on any atom is -0.372 e. The van der Waals surface area contributed by atoms with Gasteiger partial charge in [-0.1, -0.05) is 0 Å². The Morgan fingerprint density at radius 1 is 1.17 bits per heavy atom. The molecule has 0 amide bonds. The van der Waals surface area contributed by atoms with Gasteiger partial charge in [-0.15, -0.1) is 11.3 Å². The topological polar surface area (TPSA) is 28.6 Å². The monoisotopic (exact) mass is 363 g/mol. The second kappa shape index (κ2) is 8.12. The quantitative estimate of drug-likeness (QED) is 0.664. The van der Waals surface area contributed by atoms with Gasteiger partial charge in [-0.05, 0) is 19.3 Å². The minimum absolute atomic E-state index is 0.171. The lowest BCUT2D eigenvalue weighted by Gasteiger charge is -2.34. The molecule has 0 N–H and O–H groups in total. The van der Waals surface area contributed by atoms with Crippen molar-refractivity contribution >= 4 is 11.3 Å². The van der Waals surface area contributed by atoms with E-state index in [1.54, 1.807) is 0 Å². The summed E-state index contributed by atoms with van der Waals surface area (Å²) in [5.74, 6) is 0.722. The van der Waals surface area contributed by atoms with Crippen molar-refractivity contribution in [1.82, 2.24) is 14.8 Å². The van der Waals surface area contributed by atoms with Crippen LogP contribution in [0.5, 0.6) is 0 Å². The maximum absolute atomic E-state index is 12.0. The zero-order chi connectivity index (χ0) is 17.0. The molecule has 0 bridgehead atoms. The number of nitrogens with zero attached hydrogens (tertiary/aromatic N) is 3. The first kappa shape index (κ1) is 18.1. The molecule has 1 saturated heterocycles. The van der Waals surface area contributed by atoms with Crippen molar-refractivity contribution in [2.75, 3.05) is 45.9 Å². The predicted molar refractivity (Wildman–Crippen MR) is 87.3 cm³/mol. The lowest BCUT2D eigenvalue weighted by atomic mass is 10.3. The van der Waals surface area contributed by atoms with Crippen LogP contribution in [0.2, 0.25) is 0 Å². The summed E-state index contributed by atoms with van der Waals surface area (Å²) in [5.41, 5.74) is 0. The molecule has 8 heteroatoms. The molecule has 4 nitrogen and oxygen atoms in total. The van der Waals surface area contributed by atoms with E-state index in [2.05, 4.69) is 19.5 Å². The first-order chi connectivity index (χ1) is 11.5. The maximum Gasteiger partial charge on any atom is 0.411 e. The van der Waals surface area contributed by atoms with Crippen molar-refractivity contribution < 1.29 is 17.9 Å². The summed E-state index contributed by atoms with van der Waals surface area (Å²) in [4.78, 5) is 10.6. The summed E-state index contributed by atoms with van der Waals surface area (Å²) < 4.78 is 40.5. The van der Waals surface area contributed by atoms with Gasteiger partial charge in [0.1, 0.15) is 6.61 Å². The number of ether oxygens (including phenoxy) is 1. The first-order valence-corrected chi connectivity index (χ1v) is 9.35. The zero-order valence-electron chi connectivity index (χ0n) is 13.7. The van der Waals surface area contributed by atoms with Crippen LogP contribution in [-0.4, -0.2) is 66.9 Å². The van der Waals surface area contributed by atoms with E-state index in [9.17, 15) is 13.2 Å². The molecule has 1 saturated carbocycles. The van der Waals surface area contributed by atoms with Crippen molar-refractivity contribution in [1.29, 1.82) is 0 Å². The van der Waals surface area contributed by atoms with E-state index >= 15 is 0 Å².